The van der Waals surface area contributed by atoms with Gasteiger partial charge in [-0.2, -0.15) is 0 Å². The summed E-state index contributed by atoms with van der Waals surface area (Å²) in [7, 11) is 0. The van der Waals surface area contributed by atoms with Crippen LogP contribution in [0.2, 0.25) is 0 Å². The van der Waals surface area contributed by atoms with Gasteiger partial charge in [-0.15, -0.1) is 0 Å². The summed E-state index contributed by atoms with van der Waals surface area (Å²) in [5.74, 6) is -1.92. The first-order valence-corrected chi connectivity index (χ1v) is 4.13. The van der Waals surface area contributed by atoms with Crippen molar-refractivity contribution in [2.24, 2.45) is 5.73 Å². The Labute approximate surface area is 85.4 Å². The molecule has 0 rings (SSSR count). The van der Waals surface area contributed by atoms with Crippen LogP contribution in [0.4, 0.5) is 4.79 Å². The lowest BCUT2D eigenvalue weighted by atomic mass is 10.3. The van der Waals surface area contributed by atoms with Gasteiger partial charge in [0.1, 0.15) is 0 Å². The van der Waals surface area contributed by atoms with E-state index in [1.807, 2.05) is 5.32 Å². The number of hydrogen-bond donors (Lipinski definition) is 5. The average Bonchev–Trinajstić information content (AvgIpc) is 2.13. The quantitative estimate of drug-likeness (QED) is 0.338. The zero-order valence-electron chi connectivity index (χ0n) is 7.90. The molecule has 8 nitrogen and oxygen atoms in total. The van der Waals surface area contributed by atoms with E-state index in [4.69, 9.17) is 15.9 Å². The molecule has 0 aromatic heterocycles. The van der Waals surface area contributed by atoms with Crippen molar-refractivity contribution in [3.63, 3.8) is 0 Å². The molecule has 0 aliphatic carbocycles. The molecule has 8 heteroatoms. The van der Waals surface area contributed by atoms with Crippen LogP contribution in [-0.2, 0) is 9.59 Å². The number of aliphatic carboxylic acids is 1. The average molecular weight is 219 g/mol. The fraction of sp³-hybridized carbons (Fsp3) is 0.571. The molecule has 0 unspecified atom stereocenters. The molecule has 1 atom stereocenters. The van der Waals surface area contributed by atoms with Crippen LogP contribution < -0.4 is 16.4 Å². The first kappa shape index (κ1) is 13.2. The minimum absolute atomic E-state index is 0.0128. The van der Waals surface area contributed by atoms with Crippen LogP contribution in [0.15, 0.2) is 0 Å². The van der Waals surface area contributed by atoms with Crippen LogP contribution in [0.25, 0.3) is 0 Å². The Morgan fingerprint density at radius 1 is 1.33 bits per heavy atom. The Balaban J connectivity index is 3.81. The maximum Gasteiger partial charge on any atom is 0.328 e. The lowest BCUT2D eigenvalue weighted by molar-refractivity contribution is -0.140. The largest absolute Gasteiger partial charge is 0.480 e. The van der Waals surface area contributed by atoms with Gasteiger partial charge < -0.3 is 26.6 Å². The van der Waals surface area contributed by atoms with Crippen LogP contribution in [-0.4, -0.2) is 47.3 Å². The number of carboxylic acid groups (broad SMARTS) is 1. The summed E-state index contributed by atoms with van der Waals surface area (Å²) < 4.78 is 0. The second-order valence-corrected chi connectivity index (χ2v) is 2.69. The maximum atomic E-state index is 10.9. The predicted molar refractivity (Wildman–Crippen MR) is 48.9 cm³/mol. The number of carbonyl (C=O) groups excluding carboxylic acids is 2. The highest BCUT2D eigenvalue weighted by molar-refractivity contribution is 5.83. The summed E-state index contributed by atoms with van der Waals surface area (Å²) in [4.78, 5) is 31.6. The third kappa shape index (κ3) is 6.27. The van der Waals surface area contributed by atoms with E-state index < -0.39 is 30.6 Å². The minimum Gasteiger partial charge on any atom is -0.480 e. The molecule has 0 aromatic carbocycles. The highest BCUT2D eigenvalue weighted by Gasteiger charge is 2.18. The molecule has 0 aliphatic rings. The molecule has 0 saturated heterocycles. The third-order valence-electron chi connectivity index (χ3n) is 1.44. The molecule has 0 saturated carbocycles. The van der Waals surface area contributed by atoms with Crippen LogP contribution in [0.5, 0.6) is 0 Å². The van der Waals surface area contributed by atoms with Gasteiger partial charge >= 0.3 is 12.0 Å². The topological polar surface area (TPSA) is 142 Å². The highest BCUT2D eigenvalue weighted by Crippen LogP contribution is 1.82. The predicted octanol–water partition coefficient (Wildman–Crippen LogP) is -2.39. The Morgan fingerprint density at radius 3 is 2.33 bits per heavy atom. The lowest BCUT2D eigenvalue weighted by Gasteiger charge is -2.11. The molecular formula is C7H13N3O5. The summed E-state index contributed by atoms with van der Waals surface area (Å²) in [5.41, 5.74) is 4.81. The van der Waals surface area contributed by atoms with Gasteiger partial charge in [-0.05, 0) is 0 Å². The molecule has 0 spiro atoms. The maximum absolute atomic E-state index is 10.9. The third-order valence-corrected chi connectivity index (χ3v) is 1.44. The van der Waals surface area contributed by atoms with E-state index in [1.165, 1.54) is 0 Å². The molecule has 0 bridgehead atoms. The number of hydrogen-bond acceptors (Lipinski definition) is 4. The number of rotatable bonds is 6. The van der Waals surface area contributed by atoms with Crippen LogP contribution >= 0.6 is 0 Å². The van der Waals surface area contributed by atoms with E-state index in [0.29, 0.717) is 0 Å². The second-order valence-electron chi connectivity index (χ2n) is 2.69. The number of aliphatic hydroxyl groups excluding tert-OH is 1. The van der Waals surface area contributed by atoms with Gasteiger partial charge in [0.15, 0.2) is 6.04 Å². The molecular weight excluding hydrogens is 206 g/mol. The molecule has 0 heterocycles. The van der Waals surface area contributed by atoms with Crippen LogP contribution in [0.1, 0.15) is 6.42 Å². The summed E-state index contributed by atoms with van der Waals surface area (Å²) in [6.45, 7) is -0.697. The Hall–Kier alpha value is -1.83. The first-order valence-electron chi connectivity index (χ1n) is 4.13. The molecule has 0 aliphatic heterocycles. The van der Waals surface area contributed by atoms with Crippen molar-refractivity contribution in [3.8, 4) is 0 Å². The second kappa shape index (κ2) is 6.60. The van der Waals surface area contributed by atoms with Crippen LogP contribution in [0.3, 0.4) is 0 Å². The van der Waals surface area contributed by atoms with Crippen molar-refractivity contribution in [1.29, 1.82) is 0 Å². The van der Waals surface area contributed by atoms with Crippen LogP contribution in [0, 0.1) is 0 Å². The van der Waals surface area contributed by atoms with E-state index in [9.17, 15) is 14.4 Å². The molecule has 3 amide bonds. The molecule has 0 aromatic rings. The SMILES string of the molecule is NC(=O)CCNC(=O)N[C@H](CO)C(=O)O. The Kier molecular flexibility index (Phi) is 5.79. The smallest absolute Gasteiger partial charge is 0.328 e. The summed E-state index contributed by atoms with van der Waals surface area (Å²) >= 11 is 0. The molecule has 86 valence electrons. The van der Waals surface area contributed by atoms with Gasteiger partial charge in [0.2, 0.25) is 5.91 Å². The number of nitrogens with two attached hydrogens (primary N) is 1. The highest BCUT2D eigenvalue weighted by atomic mass is 16.4. The van der Waals surface area contributed by atoms with E-state index in [1.54, 1.807) is 0 Å². The van der Waals surface area contributed by atoms with E-state index >= 15 is 0 Å². The number of carbonyl (C=O) groups is 3. The Bertz CT molecular complexity index is 255. The number of nitrogens with one attached hydrogen (secondary N) is 2. The number of urea groups is 1. The fourth-order valence-electron chi connectivity index (χ4n) is 0.694. The number of carboxylic acids is 1. The van der Waals surface area contributed by atoms with E-state index in [0.717, 1.165) is 0 Å². The standard InChI is InChI=1S/C7H13N3O5/c8-5(12)1-2-9-7(15)10-4(3-11)6(13)14/h4,11H,1-3H2,(H2,8,12)(H,13,14)(H2,9,10,15)/t4-/m1/s1. The van der Waals surface area contributed by atoms with Gasteiger partial charge in [-0.3, -0.25) is 4.79 Å². The number of amides is 3. The number of primary amides is 1. The fourth-order valence-corrected chi connectivity index (χ4v) is 0.694. The van der Waals surface area contributed by atoms with Gasteiger partial charge in [0.25, 0.3) is 0 Å². The van der Waals surface area contributed by atoms with E-state index in [-0.39, 0.29) is 13.0 Å². The van der Waals surface area contributed by atoms with Gasteiger partial charge in [0.05, 0.1) is 6.61 Å². The van der Waals surface area contributed by atoms with Gasteiger partial charge in [-0.25, -0.2) is 9.59 Å². The van der Waals surface area contributed by atoms with Crippen molar-refractivity contribution in [2.75, 3.05) is 13.2 Å². The molecule has 0 fully saturated rings. The van der Waals surface area contributed by atoms with Crippen molar-refractivity contribution in [3.05, 3.63) is 0 Å². The monoisotopic (exact) mass is 219 g/mol. The van der Waals surface area contributed by atoms with Crippen molar-refractivity contribution >= 4 is 17.9 Å². The van der Waals surface area contributed by atoms with Gasteiger partial charge in [0, 0.05) is 13.0 Å². The van der Waals surface area contributed by atoms with Crippen molar-refractivity contribution in [1.82, 2.24) is 10.6 Å². The Morgan fingerprint density at radius 2 is 1.93 bits per heavy atom. The zero-order valence-corrected chi connectivity index (χ0v) is 7.90. The first-order chi connectivity index (χ1) is 6.97. The van der Waals surface area contributed by atoms with Crippen molar-refractivity contribution < 1.29 is 24.6 Å². The number of aliphatic hydroxyl groups is 1. The summed E-state index contributed by atoms with van der Waals surface area (Å²) in [6.07, 6.45) is -0.0374. The lowest BCUT2D eigenvalue weighted by Crippen LogP contribution is -2.48. The van der Waals surface area contributed by atoms with E-state index in [2.05, 4.69) is 5.32 Å². The molecule has 6 N–H and O–H groups in total. The summed E-state index contributed by atoms with van der Waals surface area (Å²) in [6, 6.07) is -2.14. The molecule has 15 heavy (non-hydrogen) atoms. The summed E-state index contributed by atoms with van der Waals surface area (Å²) in [5, 5.41) is 21.2. The van der Waals surface area contributed by atoms with Crippen molar-refractivity contribution in [2.45, 2.75) is 12.5 Å². The minimum atomic E-state index is -1.36. The molecule has 0 radical (unpaired) electrons. The van der Waals surface area contributed by atoms with Gasteiger partial charge in [-0.1, -0.05) is 0 Å². The zero-order chi connectivity index (χ0) is 11.8. The normalized spacial score (nSPS) is 11.5.